The molecule has 0 bridgehead atoms. The van der Waals surface area contributed by atoms with Crippen LogP contribution in [0.1, 0.15) is 106 Å². The predicted molar refractivity (Wildman–Crippen MR) is 152 cm³/mol. The Morgan fingerprint density at radius 1 is 1.00 bits per heavy atom. The van der Waals surface area contributed by atoms with Gasteiger partial charge in [-0.25, -0.2) is 18.5 Å². The molecule has 0 aliphatic carbocycles. The molecule has 37 heavy (non-hydrogen) atoms. The summed E-state index contributed by atoms with van der Waals surface area (Å²) in [4.78, 5) is 3.54. The van der Waals surface area contributed by atoms with Crippen molar-refractivity contribution in [2.75, 3.05) is 0 Å². The molecule has 1 aliphatic rings. The number of nitriles is 1. The highest BCUT2D eigenvalue weighted by Gasteiger charge is 2.37. The number of benzene rings is 2. The van der Waals surface area contributed by atoms with Crippen LogP contribution in [0.4, 0.5) is 0 Å². The number of nitrogens with zero attached hydrogens (tertiary/aromatic N) is 2. The van der Waals surface area contributed by atoms with E-state index < -0.39 is 9.84 Å². The number of allylic oxidation sites excluding steroid dienone is 2. The van der Waals surface area contributed by atoms with E-state index in [1.165, 1.54) is 69.8 Å². The number of rotatable bonds is 12. The van der Waals surface area contributed by atoms with E-state index >= 15 is 0 Å². The van der Waals surface area contributed by atoms with Crippen LogP contribution in [0.5, 0.6) is 0 Å². The highest BCUT2D eigenvalue weighted by atomic mass is 32.2. The van der Waals surface area contributed by atoms with Crippen molar-refractivity contribution in [3.05, 3.63) is 86.7 Å². The van der Waals surface area contributed by atoms with E-state index in [2.05, 4.69) is 30.8 Å². The molecule has 0 amide bonds. The molecule has 4 nitrogen and oxygen atoms in total. The molecule has 1 aliphatic heterocycles. The number of hydrogen-bond donors (Lipinski definition) is 0. The Bertz CT molecular complexity index is 1330. The van der Waals surface area contributed by atoms with Crippen LogP contribution in [0.25, 0.3) is 16.5 Å². The molecule has 0 spiro atoms. The molecule has 5 heteroatoms. The summed E-state index contributed by atoms with van der Waals surface area (Å²) in [7, 11) is -3.83. The summed E-state index contributed by atoms with van der Waals surface area (Å²) in [5.74, 6) is 0.511. The van der Waals surface area contributed by atoms with Crippen LogP contribution in [0.2, 0.25) is 0 Å². The Kier molecular flexibility index (Phi) is 10.3. The molecule has 0 atom stereocenters. The van der Waals surface area contributed by atoms with Crippen LogP contribution in [-0.2, 0) is 9.84 Å². The van der Waals surface area contributed by atoms with Gasteiger partial charge >= 0.3 is 0 Å². The van der Waals surface area contributed by atoms with Crippen molar-refractivity contribution in [3.8, 4) is 6.07 Å². The minimum Gasteiger partial charge on any atom is -0.226 e. The standard InChI is InChI=1S/C32H38N2O2S/c1-5-7-9-11-15-25(16-12-10-8-6-2)27-20-19-26(24(3)21-27)22-31-32(29(23-33)34-4)28-17-13-14-18-30(28)37(31,35)36/h13-14,17-22,25H,5-12,15-16H2,1-3H3. The third-order valence-corrected chi connectivity index (χ3v) is 9.14. The SMILES string of the molecule is [C-]#[N+]C(C#N)=C1C(=Cc2ccc(C(CCCCCC)CCCCCC)cc2C)S(=O)(=O)c2ccccc21. The van der Waals surface area contributed by atoms with Crippen molar-refractivity contribution < 1.29 is 8.42 Å². The lowest BCUT2D eigenvalue weighted by Crippen LogP contribution is -2.02. The number of unbranched alkanes of at least 4 members (excludes halogenated alkanes) is 6. The summed E-state index contributed by atoms with van der Waals surface area (Å²) in [6.07, 6.45) is 14.0. The second-order valence-electron chi connectivity index (χ2n) is 9.97. The van der Waals surface area contributed by atoms with E-state index in [0.717, 1.165) is 11.1 Å². The van der Waals surface area contributed by atoms with Gasteiger partial charge in [-0.1, -0.05) is 102 Å². The molecular weight excluding hydrogens is 476 g/mol. The fourth-order valence-electron chi connectivity index (χ4n) is 5.19. The van der Waals surface area contributed by atoms with Crippen molar-refractivity contribution in [2.24, 2.45) is 0 Å². The van der Waals surface area contributed by atoms with Crippen LogP contribution in [0.3, 0.4) is 0 Å². The number of hydrogen-bond acceptors (Lipinski definition) is 3. The zero-order valence-corrected chi connectivity index (χ0v) is 23.2. The van der Waals surface area contributed by atoms with Gasteiger partial charge in [0.1, 0.15) is 0 Å². The normalized spacial score (nSPS) is 16.4. The third-order valence-electron chi connectivity index (χ3n) is 7.30. The van der Waals surface area contributed by atoms with Crippen molar-refractivity contribution in [3.63, 3.8) is 0 Å². The van der Waals surface area contributed by atoms with Crippen LogP contribution in [0.15, 0.2) is 58.0 Å². The monoisotopic (exact) mass is 514 g/mol. The van der Waals surface area contributed by atoms with Gasteiger partial charge in [0, 0.05) is 5.57 Å². The van der Waals surface area contributed by atoms with Gasteiger partial charge in [-0.15, -0.1) is 0 Å². The van der Waals surface area contributed by atoms with Crippen LogP contribution >= 0.6 is 0 Å². The Labute approximate surface area is 223 Å². The quantitative estimate of drug-likeness (QED) is 0.161. The molecule has 1 heterocycles. The van der Waals surface area contributed by atoms with E-state index in [0.29, 0.717) is 11.5 Å². The maximum atomic E-state index is 13.4. The zero-order chi connectivity index (χ0) is 26.8. The number of aryl methyl sites for hydroxylation is 1. The molecule has 194 valence electrons. The minimum absolute atomic E-state index is 0.0350. The first kappa shape index (κ1) is 28.4. The third kappa shape index (κ3) is 6.60. The van der Waals surface area contributed by atoms with Crippen LogP contribution in [-0.4, -0.2) is 8.42 Å². The molecular formula is C32H38N2O2S. The van der Waals surface area contributed by atoms with Gasteiger partial charge in [-0.3, -0.25) is 0 Å². The molecule has 0 N–H and O–H groups in total. The summed E-state index contributed by atoms with van der Waals surface area (Å²) in [6.45, 7) is 14.0. The van der Waals surface area contributed by atoms with E-state index in [4.69, 9.17) is 6.57 Å². The predicted octanol–water partition coefficient (Wildman–Crippen LogP) is 9.00. The summed E-state index contributed by atoms with van der Waals surface area (Å²) in [5.41, 5.74) is 3.55. The molecule has 0 aromatic heterocycles. The largest absolute Gasteiger partial charge is 0.270 e. The van der Waals surface area contributed by atoms with Crippen LogP contribution in [0, 0.1) is 24.8 Å². The Hall–Kier alpha value is -3.15. The van der Waals surface area contributed by atoms with Crippen molar-refractivity contribution in [1.82, 2.24) is 0 Å². The lowest BCUT2D eigenvalue weighted by molar-refractivity contribution is 0.496. The Morgan fingerprint density at radius 3 is 2.22 bits per heavy atom. The highest BCUT2D eigenvalue weighted by molar-refractivity contribution is 7.96. The molecule has 0 saturated heterocycles. The first-order valence-corrected chi connectivity index (χ1v) is 15.1. The fraction of sp³-hybridized carbons (Fsp3) is 0.438. The van der Waals surface area contributed by atoms with Gasteiger partial charge in [0.25, 0.3) is 5.70 Å². The molecule has 2 aromatic carbocycles. The number of sulfone groups is 1. The highest BCUT2D eigenvalue weighted by Crippen LogP contribution is 2.45. The summed E-state index contributed by atoms with van der Waals surface area (Å²) in [5, 5.41) is 9.58. The Balaban J connectivity index is 1.99. The molecule has 0 radical (unpaired) electrons. The van der Waals surface area contributed by atoms with E-state index in [1.54, 1.807) is 30.3 Å². The molecule has 2 aromatic rings. The van der Waals surface area contributed by atoms with E-state index in [9.17, 15) is 13.7 Å². The average molecular weight is 515 g/mol. The molecule has 0 saturated carbocycles. The van der Waals surface area contributed by atoms with Crippen LogP contribution < -0.4 is 0 Å². The van der Waals surface area contributed by atoms with E-state index in [-0.39, 0.29) is 21.1 Å². The summed E-state index contributed by atoms with van der Waals surface area (Å²) in [6, 6.07) is 14.9. The zero-order valence-electron chi connectivity index (χ0n) is 22.4. The second-order valence-corrected chi connectivity index (χ2v) is 11.9. The molecule has 0 fully saturated rings. The van der Waals surface area contributed by atoms with Crippen molar-refractivity contribution >= 4 is 21.5 Å². The fourth-order valence-corrected chi connectivity index (χ4v) is 6.90. The van der Waals surface area contributed by atoms with Gasteiger partial charge < -0.3 is 0 Å². The Morgan fingerprint density at radius 2 is 1.65 bits per heavy atom. The molecule has 0 unspecified atom stereocenters. The van der Waals surface area contributed by atoms with Gasteiger partial charge in [0.2, 0.25) is 9.84 Å². The van der Waals surface area contributed by atoms with Gasteiger partial charge in [-0.05, 0) is 60.1 Å². The number of fused-ring (bicyclic) bond motifs is 1. The maximum Gasteiger partial charge on any atom is 0.270 e. The topological polar surface area (TPSA) is 62.3 Å². The smallest absolute Gasteiger partial charge is 0.226 e. The second kappa shape index (κ2) is 13.4. The first-order chi connectivity index (χ1) is 17.9. The minimum atomic E-state index is -3.83. The first-order valence-electron chi connectivity index (χ1n) is 13.6. The lowest BCUT2D eigenvalue weighted by atomic mass is 9.86. The molecule has 3 rings (SSSR count). The lowest BCUT2D eigenvalue weighted by Gasteiger charge is -2.19. The maximum absolute atomic E-state index is 13.4. The van der Waals surface area contributed by atoms with E-state index in [1.807, 2.05) is 19.1 Å². The summed E-state index contributed by atoms with van der Waals surface area (Å²) >= 11 is 0. The van der Waals surface area contributed by atoms with Gasteiger partial charge in [0.05, 0.1) is 22.4 Å². The van der Waals surface area contributed by atoms with Gasteiger partial charge in [0.15, 0.2) is 0 Å². The summed E-state index contributed by atoms with van der Waals surface area (Å²) < 4.78 is 26.9. The average Bonchev–Trinajstić information content (AvgIpc) is 3.11. The van der Waals surface area contributed by atoms with Crippen molar-refractivity contribution in [2.45, 2.75) is 95.8 Å². The van der Waals surface area contributed by atoms with Crippen molar-refractivity contribution in [1.29, 1.82) is 5.26 Å². The van der Waals surface area contributed by atoms with Gasteiger partial charge in [-0.2, -0.15) is 0 Å².